The zero-order valence-electron chi connectivity index (χ0n) is 9.69. The molecule has 2 aromatic rings. The molecule has 2 rings (SSSR count). The van der Waals surface area contributed by atoms with Crippen molar-refractivity contribution < 1.29 is 0 Å². The quantitative estimate of drug-likeness (QED) is 0.901. The van der Waals surface area contributed by atoms with Gasteiger partial charge in [0.2, 0.25) is 0 Å². The molecule has 0 fully saturated rings. The number of nitriles is 1. The fourth-order valence-electron chi connectivity index (χ4n) is 1.62. The van der Waals surface area contributed by atoms with Crippen LogP contribution in [-0.4, -0.2) is 9.97 Å². The van der Waals surface area contributed by atoms with Crippen LogP contribution in [-0.2, 0) is 6.54 Å². The lowest BCUT2D eigenvalue weighted by Crippen LogP contribution is -2.03. The molecule has 0 unspecified atom stereocenters. The van der Waals surface area contributed by atoms with Gasteiger partial charge >= 0.3 is 0 Å². The second-order valence-electron chi connectivity index (χ2n) is 3.70. The maximum atomic E-state index is 9.11. The summed E-state index contributed by atoms with van der Waals surface area (Å²) in [5, 5.41) is 12.4. The lowest BCUT2D eigenvalue weighted by Gasteiger charge is -2.09. The van der Waals surface area contributed by atoms with Gasteiger partial charge in [0.15, 0.2) is 0 Å². The van der Waals surface area contributed by atoms with Crippen LogP contribution in [0.1, 0.15) is 21.8 Å². The average Bonchev–Trinajstić information content (AvgIpc) is 2.78. The second-order valence-corrected chi connectivity index (χ2v) is 4.68. The zero-order valence-corrected chi connectivity index (χ0v) is 10.5. The molecule has 0 aliphatic carbocycles. The monoisotopic (exact) mass is 244 g/mol. The van der Waals surface area contributed by atoms with E-state index in [1.807, 2.05) is 26.1 Å². The molecule has 0 saturated carbocycles. The Balaban J connectivity index is 2.23. The highest BCUT2D eigenvalue weighted by Crippen LogP contribution is 2.20. The van der Waals surface area contributed by atoms with Gasteiger partial charge in [-0.3, -0.25) is 9.97 Å². The van der Waals surface area contributed by atoms with E-state index in [-0.39, 0.29) is 0 Å². The first-order valence-electron chi connectivity index (χ1n) is 5.20. The van der Waals surface area contributed by atoms with Crippen molar-refractivity contribution in [3.05, 3.63) is 39.6 Å². The van der Waals surface area contributed by atoms with Gasteiger partial charge in [-0.25, -0.2) is 0 Å². The number of anilines is 1. The van der Waals surface area contributed by atoms with Crippen LogP contribution in [0.15, 0.2) is 17.8 Å². The molecule has 2 heterocycles. The molecule has 0 bridgehead atoms. The average molecular weight is 244 g/mol. The van der Waals surface area contributed by atoms with E-state index in [2.05, 4.69) is 21.4 Å². The fourth-order valence-corrected chi connectivity index (χ4v) is 2.16. The standard InChI is InChI=1S/C12H12N4S/c1-8-3-12(11(4-13)9(2)16-8)15-6-10-5-14-7-17-10/h3,5,7H,6H2,1-2H3,(H,15,16). The van der Waals surface area contributed by atoms with Crippen molar-refractivity contribution in [3.63, 3.8) is 0 Å². The van der Waals surface area contributed by atoms with Crippen LogP contribution in [0.4, 0.5) is 5.69 Å². The van der Waals surface area contributed by atoms with E-state index in [0.717, 1.165) is 22.0 Å². The Morgan fingerprint density at radius 3 is 2.94 bits per heavy atom. The van der Waals surface area contributed by atoms with E-state index in [1.165, 1.54) is 0 Å². The van der Waals surface area contributed by atoms with Crippen molar-refractivity contribution >= 4 is 17.0 Å². The minimum absolute atomic E-state index is 0.611. The first kappa shape index (κ1) is 11.6. The SMILES string of the molecule is Cc1cc(NCc2cncs2)c(C#N)c(C)n1. The van der Waals surface area contributed by atoms with Gasteiger partial charge in [-0.15, -0.1) is 11.3 Å². The van der Waals surface area contributed by atoms with Crippen LogP contribution in [0.25, 0.3) is 0 Å². The minimum Gasteiger partial charge on any atom is -0.379 e. The predicted octanol–water partition coefficient (Wildman–Crippen LogP) is 2.64. The summed E-state index contributed by atoms with van der Waals surface area (Å²) in [6.07, 6.45) is 1.82. The number of aryl methyl sites for hydroxylation is 2. The van der Waals surface area contributed by atoms with E-state index >= 15 is 0 Å². The molecule has 1 N–H and O–H groups in total. The van der Waals surface area contributed by atoms with E-state index in [4.69, 9.17) is 5.26 Å². The molecule has 0 spiro atoms. The van der Waals surface area contributed by atoms with Crippen molar-refractivity contribution in [1.82, 2.24) is 9.97 Å². The summed E-state index contributed by atoms with van der Waals surface area (Å²) in [4.78, 5) is 9.43. The Hall–Kier alpha value is -1.93. The molecule has 0 atom stereocenters. The van der Waals surface area contributed by atoms with Crippen molar-refractivity contribution in [2.45, 2.75) is 20.4 Å². The van der Waals surface area contributed by atoms with E-state index in [1.54, 1.807) is 16.8 Å². The van der Waals surface area contributed by atoms with Crippen LogP contribution in [0.5, 0.6) is 0 Å². The molecule has 5 heteroatoms. The predicted molar refractivity (Wildman–Crippen MR) is 67.9 cm³/mol. The first-order valence-corrected chi connectivity index (χ1v) is 6.08. The van der Waals surface area contributed by atoms with Gasteiger partial charge in [-0.2, -0.15) is 5.26 Å². The molecule has 4 nitrogen and oxygen atoms in total. The lowest BCUT2D eigenvalue weighted by atomic mass is 10.1. The van der Waals surface area contributed by atoms with E-state index in [0.29, 0.717) is 12.1 Å². The van der Waals surface area contributed by atoms with Gasteiger partial charge in [0.1, 0.15) is 6.07 Å². The molecule has 0 amide bonds. The topological polar surface area (TPSA) is 61.6 Å². The number of pyridine rings is 1. The highest BCUT2D eigenvalue weighted by molar-refractivity contribution is 7.09. The second kappa shape index (κ2) is 4.93. The lowest BCUT2D eigenvalue weighted by molar-refractivity contribution is 1.09. The van der Waals surface area contributed by atoms with Gasteiger partial charge in [0.25, 0.3) is 0 Å². The van der Waals surface area contributed by atoms with Gasteiger partial charge in [0.05, 0.1) is 29.0 Å². The Kier molecular flexibility index (Phi) is 3.35. The van der Waals surface area contributed by atoms with Crippen LogP contribution in [0.2, 0.25) is 0 Å². The summed E-state index contributed by atoms with van der Waals surface area (Å²) < 4.78 is 0. The summed E-state index contributed by atoms with van der Waals surface area (Å²) >= 11 is 1.59. The van der Waals surface area contributed by atoms with Crippen molar-refractivity contribution in [3.8, 4) is 6.07 Å². The summed E-state index contributed by atoms with van der Waals surface area (Å²) in [6, 6.07) is 4.08. The molecule has 0 aliphatic heterocycles. The summed E-state index contributed by atoms with van der Waals surface area (Å²) in [5.41, 5.74) is 4.92. The molecule has 86 valence electrons. The maximum Gasteiger partial charge on any atom is 0.103 e. The summed E-state index contributed by atoms with van der Waals surface area (Å²) in [5.74, 6) is 0. The normalized spacial score (nSPS) is 9.94. The Morgan fingerprint density at radius 1 is 1.47 bits per heavy atom. The minimum atomic E-state index is 0.611. The van der Waals surface area contributed by atoms with E-state index < -0.39 is 0 Å². The van der Waals surface area contributed by atoms with Crippen LogP contribution >= 0.6 is 11.3 Å². The molecular formula is C12H12N4S. The Labute approximate surface area is 104 Å². The third-order valence-corrected chi connectivity index (χ3v) is 3.16. The maximum absolute atomic E-state index is 9.11. The largest absolute Gasteiger partial charge is 0.379 e. The highest BCUT2D eigenvalue weighted by Gasteiger charge is 2.07. The number of hydrogen-bond acceptors (Lipinski definition) is 5. The number of nitrogens with one attached hydrogen (secondary N) is 1. The van der Waals surface area contributed by atoms with Gasteiger partial charge in [0, 0.05) is 16.8 Å². The van der Waals surface area contributed by atoms with Gasteiger partial charge in [-0.05, 0) is 19.9 Å². The molecule has 0 aromatic carbocycles. The van der Waals surface area contributed by atoms with Gasteiger partial charge < -0.3 is 5.32 Å². The third kappa shape index (κ3) is 2.60. The number of nitrogens with zero attached hydrogens (tertiary/aromatic N) is 3. The van der Waals surface area contributed by atoms with Crippen molar-refractivity contribution in [1.29, 1.82) is 5.26 Å². The smallest absolute Gasteiger partial charge is 0.103 e. The number of rotatable bonds is 3. The Bertz CT molecular complexity index is 555. The fraction of sp³-hybridized carbons (Fsp3) is 0.250. The Morgan fingerprint density at radius 2 is 2.29 bits per heavy atom. The number of thiazole rings is 1. The summed E-state index contributed by atoms with van der Waals surface area (Å²) in [7, 11) is 0. The first-order chi connectivity index (χ1) is 8.20. The van der Waals surface area contributed by atoms with Crippen LogP contribution in [0.3, 0.4) is 0 Å². The van der Waals surface area contributed by atoms with E-state index in [9.17, 15) is 0 Å². The number of aromatic nitrogens is 2. The van der Waals surface area contributed by atoms with Crippen LogP contribution in [0, 0.1) is 25.2 Å². The number of hydrogen-bond donors (Lipinski definition) is 1. The van der Waals surface area contributed by atoms with Crippen LogP contribution < -0.4 is 5.32 Å². The molecule has 0 aliphatic rings. The zero-order chi connectivity index (χ0) is 12.3. The molecule has 0 saturated heterocycles. The molecule has 17 heavy (non-hydrogen) atoms. The molecular weight excluding hydrogens is 232 g/mol. The van der Waals surface area contributed by atoms with Crippen molar-refractivity contribution in [2.24, 2.45) is 0 Å². The molecule has 0 radical (unpaired) electrons. The van der Waals surface area contributed by atoms with Crippen molar-refractivity contribution in [2.75, 3.05) is 5.32 Å². The van der Waals surface area contributed by atoms with Gasteiger partial charge in [-0.1, -0.05) is 0 Å². The third-order valence-electron chi connectivity index (χ3n) is 2.38. The highest BCUT2D eigenvalue weighted by atomic mass is 32.1. The molecule has 2 aromatic heterocycles. The summed E-state index contributed by atoms with van der Waals surface area (Å²) in [6.45, 7) is 4.46.